The molecule has 1 aromatic carbocycles. The van der Waals surface area contributed by atoms with Crippen LogP contribution in [0.2, 0.25) is 0 Å². The molecule has 3 aromatic rings. The zero-order valence-electron chi connectivity index (χ0n) is 23.8. The SMILES string of the molecule is CC.O=CCCn1cc(-c2cc3c(cc2C(F)F)N(c2nn(C4CCOCC4)c4c2CN(C=O)CC4)CCC3)cn1. The van der Waals surface area contributed by atoms with Crippen LogP contribution in [0.15, 0.2) is 24.5 Å². The summed E-state index contributed by atoms with van der Waals surface area (Å²) in [5.74, 6) is 0.763. The Morgan fingerprint density at radius 3 is 2.66 bits per heavy atom. The summed E-state index contributed by atoms with van der Waals surface area (Å²) in [6.07, 6.45) is 6.72. The number of carbonyl (C=O) groups excluding carboxylic acids is 2. The van der Waals surface area contributed by atoms with Gasteiger partial charge in [-0.25, -0.2) is 8.78 Å². The van der Waals surface area contributed by atoms with Crippen molar-refractivity contribution < 1.29 is 23.1 Å². The zero-order valence-corrected chi connectivity index (χ0v) is 23.8. The minimum absolute atomic E-state index is 0.0529. The number of halogens is 2. The molecule has 2 aromatic heterocycles. The summed E-state index contributed by atoms with van der Waals surface area (Å²) in [7, 11) is 0. The van der Waals surface area contributed by atoms with Gasteiger partial charge in [0.2, 0.25) is 6.41 Å². The van der Waals surface area contributed by atoms with Crippen molar-refractivity contribution in [3.05, 3.63) is 46.9 Å². The summed E-state index contributed by atoms with van der Waals surface area (Å²) in [6.45, 7) is 7.55. The molecule has 0 saturated carbocycles. The lowest BCUT2D eigenvalue weighted by molar-refractivity contribution is -0.119. The van der Waals surface area contributed by atoms with Crippen LogP contribution in [-0.4, -0.2) is 63.5 Å². The Labute approximate surface area is 239 Å². The Kier molecular flexibility index (Phi) is 9.12. The van der Waals surface area contributed by atoms with E-state index in [0.717, 1.165) is 66.7 Å². The highest BCUT2D eigenvalue weighted by Gasteiger charge is 2.33. The molecule has 3 aliphatic heterocycles. The van der Waals surface area contributed by atoms with Gasteiger partial charge in [-0.1, -0.05) is 13.8 Å². The van der Waals surface area contributed by atoms with Crippen molar-refractivity contribution in [2.75, 3.05) is 31.2 Å². The number of rotatable bonds is 8. The maximum absolute atomic E-state index is 14.5. The summed E-state index contributed by atoms with van der Waals surface area (Å²) in [6, 6.07) is 3.70. The number of fused-ring (bicyclic) bond motifs is 2. The number of aromatic nitrogens is 4. The van der Waals surface area contributed by atoms with E-state index in [0.29, 0.717) is 63.4 Å². The van der Waals surface area contributed by atoms with E-state index in [1.165, 1.54) is 0 Å². The van der Waals surface area contributed by atoms with Crippen LogP contribution in [0.25, 0.3) is 11.1 Å². The first-order chi connectivity index (χ1) is 20.1. The lowest BCUT2D eigenvalue weighted by Crippen LogP contribution is -2.32. The summed E-state index contributed by atoms with van der Waals surface area (Å²) in [5, 5.41) is 9.37. The van der Waals surface area contributed by atoms with E-state index >= 15 is 0 Å². The Morgan fingerprint density at radius 2 is 1.93 bits per heavy atom. The van der Waals surface area contributed by atoms with Gasteiger partial charge in [0.15, 0.2) is 5.82 Å². The van der Waals surface area contributed by atoms with E-state index in [2.05, 4.69) is 14.7 Å². The van der Waals surface area contributed by atoms with Crippen LogP contribution < -0.4 is 4.90 Å². The van der Waals surface area contributed by atoms with E-state index in [1.54, 1.807) is 28.0 Å². The molecule has 41 heavy (non-hydrogen) atoms. The molecule has 0 aliphatic carbocycles. The van der Waals surface area contributed by atoms with Crippen molar-refractivity contribution in [3.8, 4) is 11.1 Å². The van der Waals surface area contributed by atoms with Crippen molar-refractivity contribution in [2.24, 2.45) is 0 Å². The highest BCUT2D eigenvalue weighted by Crippen LogP contribution is 2.43. The van der Waals surface area contributed by atoms with Crippen LogP contribution in [0, 0.1) is 0 Å². The largest absolute Gasteiger partial charge is 0.381 e. The molecule has 0 unspecified atom stereocenters. The molecule has 1 amide bonds. The first-order valence-electron chi connectivity index (χ1n) is 14.6. The number of aryl methyl sites for hydroxylation is 2. The molecule has 1 fully saturated rings. The molecule has 0 atom stereocenters. The van der Waals surface area contributed by atoms with Crippen LogP contribution in [0.4, 0.5) is 20.3 Å². The predicted octanol–water partition coefficient (Wildman–Crippen LogP) is 5.25. The molecule has 0 N–H and O–H groups in total. The van der Waals surface area contributed by atoms with Gasteiger partial charge in [-0.15, -0.1) is 0 Å². The van der Waals surface area contributed by atoms with Gasteiger partial charge in [0, 0.05) is 80.0 Å². The molecule has 0 spiro atoms. The van der Waals surface area contributed by atoms with Gasteiger partial charge in [-0.05, 0) is 48.9 Å². The third-order valence-electron chi connectivity index (χ3n) is 8.06. The fourth-order valence-corrected chi connectivity index (χ4v) is 6.10. The lowest BCUT2D eigenvalue weighted by Gasteiger charge is -2.33. The highest BCUT2D eigenvalue weighted by molar-refractivity contribution is 5.77. The normalized spacial score (nSPS) is 17.1. The number of aldehydes is 1. The maximum atomic E-state index is 14.5. The molecule has 11 heteroatoms. The van der Waals surface area contributed by atoms with E-state index < -0.39 is 6.43 Å². The minimum atomic E-state index is -2.67. The van der Waals surface area contributed by atoms with E-state index in [-0.39, 0.29) is 11.6 Å². The van der Waals surface area contributed by atoms with Gasteiger partial charge >= 0.3 is 0 Å². The third kappa shape index (κ3) is 5.77. The van der Waals surface area contributed by atoms with Gasteiger partial charge in [0.1, 0.15) is 6.29 Å². The summed E-state index contributed by atoms with van der Waals surface area (Å²) in [5.41, 5.74) is 4.89. The Morgan fingerprint density at radius 1 is 1.12 bits per heavy atom. The highest BCUT2D eigenvalue weighted by atomic mass is 19.3. The molecule has 5 heterocycles. The quantitative estimate of drug-likeness (QED) is 0.345. The summed E-state index contributed by atoms with van der Waals surface area (Å²) in [4.78, 5) is 26.2. The maximum Gasteiger partial charge on any atom is 0.264 e. The number of hydrogen-bond donors (Lipinski definition) is 0. The van der Waals surface area contributed by atoms with Gasteiger partial charge < -0.3 is 19.3 Å². The smallest absolute Gasteiger partial charge is 0.264 e. The van der Waals surface area contributed by atoms with Crippen LogP contribution in [-0.2, 0) is 40.3 Å². The van der Waals surface area contributed by atoms with E-state index in [4.69, 9.17) is 9.84 Å². The molecular weight excluding hydrogens is 530 g/mol. The number of ether oxygens (including phenoxy) is 1. The number of anilines is 2. The molecule has 0 radical (unpaired) electrons. The first kappa shape index (κ1) is 28.9. The monoisotopic (exact) mass is 568 g/mol. The Hall–Kier alpha value is -3.60. The number of carbonyl (C=O) groups is 2. The summed E-state index contributed by atoms with van der Waals surface area (Å²) >= 11 is 0. The van der Waals surface area contributed by atoms with Crippen LogP contribution in [0.1, 0.15) is 74.4 Å². The minimum Gasteiger partial charge on any atom is -0.381 e. The molecule has 0 bridgehead atoms. The molecular formula is C30H38F2N6O3. The second kappa shape index (κ2) is 12.9. The average Bonchev–Trinajstić information content (AvgIpc) is 3.65. The van der Waals surface area contributed by atoms with Gasteiger partial charge in [-0.3, -0.25) is 14.2 Å². The molecule has 9 nitrogen and oxygen atoms in total. The van der Waals surface area contributed by atoms with Crippen molar-refractivity contribution in [1.82, 2.24) is 24.5 Å². The standard InChI is InChI=1S/C28H32F2N6O3.C2H6/c29-27(30)23-14-26-19(13-22(23)20-15-31-34(16-20)7-2-10-37)3-1-8-35(26)28-24-17-33(18-38)9-4-25(24)36(32-28)21-5-11-39-12-6-21;1-2/h10,13-16,18,21,27H,1-9,11-12,17H2;1-2H3. The number of alkyl halides is 2. The molecule has 6 rings (SSSR count). The molecule has 220 valence electrons. The number of benzene rings is 1. The third-order valence-corrected chi connectivity index (χ3v) is 8.06. The molecule has 1 saturated heterocycles. The predicted molar refractivity (Wildman–Crippen MR) is 151 cm³/mol. The van der Waals surface area contributed by atoms with Gasteiger partial charge in [-0.2, -0.15) is 10.2 Å². The Bertz CT molecular complexity index is 1360. The fraction of sp³-hybridized carbons (Fsp3) is 0.533. The summed E-state index contributed by atoms with van der Waals surface area (Å²) < 4.78 is 38.3. The fourth-order valence-electron chi connectivity index (χ4n) is 6.10. The van der Waals surface area contributed by atoms with E-state index in [1.807, 2.05) is 19.9 Å². The first-order valence-corrected chi connectivity index (χ1v) is 14.6. The van der Waals surface area contributed by atoms with Crippen molar-refractivity contribution in [1.29, 1.82) is 0 Å². The zero-order chi connectivity index (χ0) is 28.9. The van der Waals surface area contributed by atoms with Crippen LogP contribution >= 0.6 is 0 Å². The Balaban J connectivity index is 0.00000165. The topological polar surface area (TPSA) is 85.5 Å². The average molecular weight is 569 g/mol. The van der Waals surface area contributed by atoms with Gasteiger partial charge in [0.05, 0.1) is 18.8 Å². The number of hydrogen-bond acceptors (Lipinski definition) is 6. The molecule has 3 aliphatic rings. The van der Waals surface area contributed by atoms with Gasteiger partial charge in [0.25, 0.3) is 6.43 Å². The van der Waals surface area contributed by atoms with Crippen LogP contribution in [0.3, 0.4) is 0 Å². The lowest BCUT2D eigenvalue weighted by atomic mass is 9.92. The number of amides is 1. The van der Waals surface area contributed by atoms with Crippen molar-refractivity contribution >= 4 is 24.2 Å². The van der Waals surface area contributed by atoms with Crippen molar-refractivity contribution in [2.45, 2.75) is 77.9 Å². The van der Waals surface area contributed by atoms with E-state index in [9.17, 15) is 18.4 Å². The second-order valence-corrected chi connectivity index (χ2v) is 10.4. The number of nitrogens with zero attached hydrogens (tertiary/aromatic N) is 6. The van der Waals surface area contributed by atoms with Crippen molar-refractivity contribution in [3.63, 3.8) is 0 Å². The second-order valence-electron chi connectivity index (χ2n) is 10.4. The van der Waals surface area contributed by atoms with Crippen LogP contribution in [0.5, 0.6) is 0 Å².